The molecule has 4 N–H and O–H groups in total. The summed E-state index contributed by atoms with van der Waals surface area (Å²) in [6.45, 7) is 4.76. The van der Waals surface area contributed by atoms with Gasteiger partial charge in [-0.15, -0.1) is 0 Å². The summed E-state index contributed by atoms with van der Waals surface area (Å²) >= 11 is 0. The summed E-state index contributed by atoms with van der Waals surface area (Å²) in [5, 5.41) is 21.0. The lowest BCUT2D eigenvalue weighted by Crippen LogP contribution is -2.54. The first kappa shape index (κ1) is 51.1. The molecule has 0 spiro atoms. The number of amides is 6. The van der Waals surface area contributed by atoms with E-state index in [1.165, 1.54) is 37.6 Å². The van der Waals surface area contributed by atoms with Gasteiger partial charge in [-0.25, -0.2) is 14.4 Å². The van der Waals surface area contributed by atoms with Crippen LogP contribution >= 0.6 is 0 Å². The predicted molar refractivity (Wildman–Crippen MR) is 262 cm³/mol. The Kier molecular flexibility index (Phi) is 17.0. The number of methoxy groups -OCH3 is 1. The third-order valence-electron chi connectivity index (χ3n) is 12.2. The average Bonchev–Trinajstić information content (AvgIpc) is 3.66. The first-order valence-electron chi connectivity index (χ1n) is 23.6. The maximum atomic E-state index is 14.9. The van der Waals surface area contributed by atoms with E-state index in [0.29, 0.717) is 93.9 Å². The number of fused-ring (bicyclic) bond motifs is 1. The molecule has 2 saturated heterocycles. The van der Waals surface area contributed by atoms with Crippen molar-refractivity contribution in [1.29, 1.82) is 5.26 Å². The highest BCUT2D eigenvalue weighted by atomic mass is 19.1. The second-order valence-electron chi connectivity index (χ2n) is 16.9. The van der Waals surface area contributed by atoms with Crippen molar-refractivity contribution in [2.45, 2.75) is 18.9 Å². The number of hydrogen-bond acceptors (Lipinski definition) is 17. The van der Waals surface area contributed by atoms with Crippen molar-refractivity contribution < 1.29 is 52.1 Å². The summed E-state index contributed by atoms with van der Waals surface area (Å²) in [5.41, 5.74) is 3.79. The van der Waals surface area contributed by atoms with Crippen LogP contribution in [0.2, 0.25) is 0 Å². The van der Waals surface area contributed by atoms with Gasteiger partial charge in [-0.05, 0) is 60.5 Å². The monoisotopic (exact) mass is 997 g/mol. The highest BCUT2D eigenvalue weighted by Crippen LogP contribution is 2.36. The lowest BCUT2D eigenvalue weighted by molar-refractivity contribution is -0.136. The number of halogens is 1. The molecule has 8 rings (SSSR count). The molecule has 2 fully saturated rings. The Bertz CT molecular complexity index is 2930. The summed E-state index contributed by atoms with van der Waals surface area (Å²) in [5.74, 6) is -3.37. The number of hydrogen-bond donors (Lipinski definition) is 4. The lowest BCUT2D eigenvalue weighted by atomic mass is 10.0. The van der Waals surface area contributed by atoms with Crippen LogP contribution < -0.4 is 30.9 Å². The number of aromatic nitrogens is 3. The fraction of sp³-hybridized carbons (Fsp3) is 0.333. The van der Waals surface area contributed by atoms with E-state index < -0.39 is 41.4 Å². The maximum Gasteiger partial charge on any atom is 0.274 e. The molecular weight excluding hydrogens is 946 g/mol. The number of nitrogens with one attached hydrogen (secondary N) is 4. The number of pyridine rings is 1. The van der Waals surface area contributed by atoms with Gasteiger partial charge < -0.3 is 39.8 Å². The van der Waals surface area contributed by atoms with Gasteiger partial charge in [-0.3, -0.25) is 48.9 Å². The Balaban J connectivity index is 0.734. The number of anilines is 3. The van der Waals surface area contributed by atoms with Crippen molar-refractivity contribution in [2.24, 2.45) is 0 Å². The van der Waals surface area contributed by atoms with Crippen LogP contribution in [0.5, 0.6) is 5.75 Å². The largest absolute Gasteiger partial charge is 0.496 e. The molecule has 5 heterocycles. The number of carbonyl (C=O) groups excluding carboxylic acids is 6. The molecule has 0 saturated carbocycles. The van der Waals surface area contributed by atoms with Gasteiger partial charge in [-0.2, -0.15) is 5.26 Å². The van der Waals surface area contributed by atoms with Crippen LogP contribution in [-0.2, 0) is 28.6 Å². The molecule has 0 aliphatic carbocycles. The van der Waals surface area contributed by atoms with Crippen LogP contribution in [0.3, 0.4) is 0 Å². The van der Waals surface area contributed by atoms with Crippen molar-refractivity contribution in [3.8, 4) is 34.3 Å². The zero-order chi connectivity index (χ0) is 51.3. The highest BCUT2D eigenvalue weighted by molar-refractivity contribution is 6.25. The number of carbonyl (C=O) groups is 6. The normalized spacial score (nSPS) is 15.7. The number of nitrogens with zero attached hydrogens (tertiary/aromatic N) is 7. The molecule has 21 nitrogen and oxygen atoms in total. The summed E-state index contributed by atoms with van der Waals surface area (Å²) in [4.78, 5) is 94.8. The molecule has 3 aliphatic heterocycles. The standard InChI is InChI=1S/C51H52FN11O10/c1-70-42-7-3-5-36(52)46(42)47-57-15-13-39(58-47)48(66)59-37-9-8-32(35-30-54-14-12-33(35)29-53)28-41(37)62-20-18-61(19-21-62)31-44(65)56-17-23-72-25-27-73-26-24-71-22-16-55-38-6-2-4-34-45(38)51(69)63(50(34)68)40-10-11-43(64)60-49(40)67/h2-9,12-15,28,30,40,55H,10-11,16-27,31H2,1H3,(H,56,65)(H,59,66)(H,60,64,67). The van der Waals surface area contributed by atoms with E-state index in [4.69, 9.17) is 18.9 Å². The third kappa shape index (κ3) is 12.3. The number of benzene rings is 3. The summed E-state index contributed by atoms with van der Waals surface area (Å²) in [7, 11) is 1.41. The van der Waals surface area contributed by atoms with Crippen molar-refractivity contribution >= 4 is 52.5 Å². The average molecular weight is 998 g/mol. The van der Waals surface area contributed by atoms with Crippen LogP contribution in [0.25, 0.3) is 22.5 Å². The first-order chi connectivity index (χ1) is 35.5. The topological polar surface area (TPSA) is 260 Å². The van der Waals surface area contributed by atoms with Crippen LogP contribution in [0, 0.1) is 17.1 Å². The van der Waals surface area contributed by atoms with Crippen LogP contribution in [0.15, 0.2) is 85.3 Å². The minimum Gasteiger partial charge on any atom is -0.496 e. The Labute approximate surface area is 419 Å². The second-order valence-corrected chi connectivity index (χ2v) is 16.9. The Morgan fingerprint density at radius 1 is 0.836 bits per heavy atom. The van der Waals surface area contributed by atoms with Gasteiger partial charge in [0.1, 0.15) is 23.3 Å². The molecule has 5 aromatic rings. The van der Waals surface area contributed by atoms with E-state index in [2.05, 4.69) is 47.2 Å². The van der Waals surface area contributed by atoms with Gasteiger partial charge in [-0.1, -0.05) is 18.2 Å². The summed E-state index contributed by atoms with van der Waals surface area (Å²) in [6.07, 6.45) is 4.66. The minimum atomic E-state index is -1.04. The van der Waals surface area contributed by atoms with Crippen LogP contribution in [-0.4, -0.2) is 159 Å². The van der Waals surface area contributed by atoms with E-state index in [1.807, 2.05) is 11.0 Å². The number of rotatable bonds is 22. The van der Waals surface area contributed by atoms with Gasteiger partial charge in [0.25, 0.3) is 17.7 Å². The van der Waals surface area contributed by atoms with Crippen molar-refractivity contribution in [3.05, 3.63) is 114 Å². The van der Waals surface area contributed by atoms with Gasteiger partial charge in [0.2, 0.25) is 17.7 Å². The fourth-order valence-corrected chi connectivity index (χ4v) is 8.60. The van der Waals surface area contributed by atoms with Crippen LogP contribution in [0.4, 0.5) is 21.5 Å². The fourth-order valence-electron chi connectivity index (χ4n) is 8.60. The number of piperidine rings is 1. The SMILES string of the molecule is COc1cccc(F)c1-c1nccc(C(=O)Nc2ccc(-c3cnccc3C#N)cc2N2CCN(CC(=O)NCCOCCOCCOCCNc3cccc4c3C(=O)N(C3CCC(=O)NC3=O)C4=O)CC2)n1. The predicted octanol–water partition coefficient (Wildman–Crippen LogP) is 3.28. The zero-order valence-electron chi connectivity index (χ0n) is 39.9. The molecule has 378 valence electrons. The van der Waals surface area contributed by atoms with Crippen molar-refractivity contribution in [1.82, 2.24) is 35.4 Å². The molecule has 3 aromatic carbocycles. The minimum absolute atomic E-state index is 0.00310. The molecule has 1 unspecified atom stereocenters. The maximum absolute atomic E-state index is 14.9. The molecule has 3 aliphatic rings. The van der Waals surface area contributed by atoms with E-state index in [-0.39, 0.29) is 72.5 Å². The number of ether oxygens (including phenoxy) is 4. The van der Waals surface area contributed by atoms with Gasteiger partial charge in [0.05, 0.1) is 93.0 Å². The zero-order valence-corrected chi connectivity index (χ0v) is 39.9. The molecular formula is C51H52FN11O10. The van der Waals surface area contributed by atoms with Crippen LogP contribution in [0.1, 0.15) is 49.6 Å². The lowest BCUT2D eigenvalue weighted by Gasteiger charge is -2.36. The second kappa shape index (κ2) is 24.3. The van der Waals surface area contributed by atoms with E-state index in [0.717, 1.165) is 10.5 Å². The van der Waals surface area contributed by atoms with Gasteiger partial charge >= 0.3 is 0 Å². The third-order valence-corrected chi connectivity index (χ3v) is 12.2. The number of nitriles is 1. The Morgan fingerprint density at radius 2 is 1.59 bits per heavy atom. The first-order valence-corrected chi connectivity index (χ1v) is 23.6. The Morgan fingerprint density at radius 3 is 2.34 bits per heavy atom. The van der Waals surface area contributed by atoms with Crippen molar-refractivity contribution in [2.75, 3.05) is 108 Å². The molecule has 1 atom stereocenters. The van der Waals surface area contributed by atoms with E-state index in [9.17, 15) is 38.4 Å². The van der Waals surface area contributed by atoms with Gasteiger partial charge in [0.15, 0.2) is 5.82 Å². The quantitative estimate of drug-likeness (QED) is 0.0573. The summed E-state index contributed by atoms with van der Waals surface area (Å²) in [6, 6.07) is 18.9. The summed E-state index contributed by atoms with van der Waals surface area (Å²) < 4.78 is 37.1. The molecule has 73 heavy (non-hydrogen) atoms. The highest BCUT2D eigenvalue weighted by Gasteiger charge is 2.45. The molecule has 22 heteroatoms. The van der Waals surface area contributed by atoms with E-state index >= 15 is 0 Å². The van der Waals surface area contributed by atoms with E-state index in [1.54, 1.807) is 48.8 Å². The molecule has 0 radical (unpaired) electrons. The van der Waals surface area contributed by atoms with Gasteiger partial charge in [0, 0.05) is 75.5 Å². The van der Waals surface area contributed by atoms with Crippen molar-refractivity contribution in [3.63, 3.8) is 0 Å². The number of piperazine rings is 1. The smallest absolute Gasteiger partial charge is 0.274 e. The Hall–Kier alpha value is -8.23. The molecule has 6 amide bonds. The molecule has 0 bridgehead atoms. The number of imide groups is 2. The molecule has 2 aromatic heterocycles.